The topological polar surface area (TPSA) is 145 Å². The van der Waals surface area contributed by atoms with Crippen molar-refractivity contribution in [3.05, 3.63) is 41.9 Å². The summed E-state index contributed by atoms with van der Waals surface area (Å²) in [4.78, 5) is 8.65. The number of nitrogens with one attached hydrogen (secondary N) is 2. The van der Waals surface area contributed by atoms with Crippen molar-refractivity contribution in [1.82, 2.24) is 20.2 Å². The van der Waals surface area contributed by atoms with Gasteiger partial charge in [0.25, 0.3) is 0 Å². The van der Waals surface area contributed by atoms with Gasteiger partial charge < -0.3 is 14.8 Å². The number of benzene rings is 1. The summed E-state index contributed by atoms with van der Waals surface area (Å²) in [5, 5.41) is 16.7. The van der Waals surface area contributed by atoms with Crippen molar-refractivity contribution in [1.29, 1.82) is 0 Å². The lowest BCUT2D eigenvalue weighted by atomic mass is 10.1. The predicted octanol–water partition coefficient (Wildman–Crippen LogP) is 2.20. The molecule has 4 rings (SSSR count). The summed E-state index contributed by atoms with van der Waals surface area (Å²) in [7, 11) is -3.84. The maximum Gasteiger partial charge on any atom is 0.238 e. The molecule has 0 spiro atoms. The summed E-state index contributed by atoms with van der Waals surface area (Å²) in [5.41, 5.74) is 3.11. The van der Waals surface area contributed by atoms with E-state index in [1.165, 1.54) is 18.5 Å². The van der Waals surface area contributed by atoms with Gasteiger partial charge in [0.15, 0.2) is 5.65 Å². The molecule has 1 aliphatic rings. The van der Waals surface area contributed by atoms with Crippen LogP contribution in [-0.2, 0) is 21.3 Å². The Morgan fingerprint density at radius 1 is 1.32 bits per heavy atom. The first kappa shape index (κ1) is 21.2. The summed E-state index contributed by atoms with van der Waals surface area (Å²) >= 11 is 0. The number of nitrogens with zero attached hydrogens (tertiary/aromatic N) is 3. The molecule has 0 aliphatic carbocycles. The van der Waals surface area contributed by atoms with E-state index < -0.39 is 10.0 Å². The fraction of sp³-hybridized carbons (Fsp3) is 0.350. The van der Waals surface area contributed by atoms with E-state index >= 15 is 0 Å². The quantitative estimate of drug-likeness (QED) is 0.503. The van der Waals surface area contributed by atoms with Gasteiger partial charge in [0.2, 0.25) is 10.0 Å². The number of anilines is 1. The Hall–Kier alpha value is -3.02. The molecule has 0 radical (unpaired) electrons. The summed E-state index contributed by atoms with van der Waals surface area (Å²) < 4.78 is 34.9. The average molecular weight is 445 g/mol. The first-order chi connectivity index (χ1) is 14.8. The number of fused-ring (bicyclic) bond motifs is 1. The molecule has 3 heterocycles. The summed E-state index contributed by atoms with van der Waals surface area (Å²) in [6, 6.07) is 4.56. The van der Waals surface area contributed by atoms with Gasteiger partial charge in [-0.2, -0.15) is 5.10 Å². The van der Waals surface area contributed by atoms with Crippen LogP contribution in [0, 0.1) is 0 Å². The van der Waals surface area contributed by atoms with E-state index in [4.69, 9.17) is 14.6 Å². The zero-order valence-corrected chi connectivity index (χ0v) is 18.1. The number of H-pyrrole nitrogens is 1. The fourth-order valence-corrected chi connectivity index (χ4v) is 3.96. The van der Waals surface area contributed by atoms with Gasteiger partial charge in [-0.3, -0.25) is 5.10 Å². The molecule has 11 heteroatoms. The van der Waals surface area contributed by atoms with Crippen molar-refractivity contribution in [2.45, 2.75) is 37.8 Å². The molecule has 4 N–H and O–H groups in total. The first-order valence-corrected chi connectivity index (χ1v) is 11.4. The molecule has 1 aromatic carbocycles. The summed E-state index contributed by atoms with van der Waals surface area (Å²) in [6.07, 6.45) is 4.12. The third-order valence-electron chi connectivity index (χ3n) is 4.80. The first-order valence-electron chi connectivity index (χ1n) is 9.85. The number of nitrogens with two attached hydrogens (primary N) is 1. The molecule has 0 unspecified atom stereocenters. The van der Waals surface area contributed by atoms with Crippen LogP contribution in [-0.4, -0.2) is 47.9 Å². The van der Waals surface area contributed by atoms with Crippen molar-refractivity contribution in [3.63, 3.8) is 0 Å². The standard InChI is InChI=1S/C20H24N6O4S/c1-12(2)30-16-4-3-15(31(21,27)28)9-14(16)10-22-19-17-18(13-5-7-29-8-6-13)25-26-20(17)24-11-23-19/h3-5,9,11-12H,6-8,10H2,1-2H3,(H2,21,27,28)(H2,22,23,24,25,26). The number of hydrogen-bond donors (Lipinski definition) is 3. The van der Waals surface area contributed by atoms with E-state index in [0.29, 0.717) is 36.0 Å². The van der Waals surface area contributed by atoms with Gasteiger partial charge in [-0.05, 0) is 44.0 Å². The molecule has 1 aliphatic heterocycles. The molecule has 10 nitrogen and oxygen atoms in total. The van der Waals surface area contributed by atoms with Crippen LogP contribution in [0.2, 0.25) is 0 Å². The average Bonchev–Trinajstić information content (AvgIpc) is 3.17. The van der Waals surface area contributed by atoms with Gasteiger partial charge in [0.1, 0.15) is 17.9 Å². The second kappa shape index (κ2) is 8.61. The Morgan fingerprint density at radius 2 is 2.16 bits per heavy atom. The second-order valence-electron chi connectivity index (χ2n) is 7.41. The smallest absolute Gasteiger partial charge is 0.238 e. The van der Waals surface area contributed by atoms with Crippen molar-refractivity contribution < 1.29 is 17.9 Å². The lowest BCUT2D eigenvalue weighted by Crippen LogP contribution is -2.15. The lowest BCUT2D eigenvalue weighted by molar-refractivity contribution is 0.161. The van der Waals surface area contributed by atoms with Crippen LogP contribution in [0.25, 0.3) is 16.6 Å². The van der Waals surface area contributed by atoms with E-state index in [9.17, 15) is 8.42 Å². The molecule has 0 saturated heterocycles. The predicted molar refractivity (Wildman–Crippen MR) is 116 cm³/mol. The Morgan fingerprint density at radius 3 is 2.87 bits per heavy atom. The number of hydrogen-bond acceptors (Lipinski definition) is 8. The lowest BCUT2D eigenvalue weighted by Gasteiger charge is -2.16. The normalized spacial score (nSPS) is 14.6. The number of sulfonamides is 1. The molecular weight excluding hydrogens is 420 g/mol. The Bertz CT molecular complexity index is 1240. The Labute approximate surface area is 179 Å². The SMILES string of the molecule is CC(C)Oc1ccc(S(N)(=O)=O)cc1CNc1ncnc2n[nH]c(C3=CCOCC3)c12. The highest BCUT2D eigenvalue weighted by Gasteiger charge is 2.18. The van der Waals surface area contributed by atoms with Crippen LogP contribution in [0.4, 0.5) is 5.82 Å². The maximum atomic E-state index is 11.8. The van der Waals surface area contributed by atoms with E-state index in [1.807, 2.05) is 19.9 Å². The van der Waals surface area contributed by atoms with Gasteiger partial charge in [-0.1, -0.05) is 6.08 Å². The number of aromatic amines is 1. The Balaban J connectivity index is 1.69. The minimum atomic E-state index is -3.84. The molecule has 164 valence electrons. The van der Waals surface area contributed by atoms with Gasteiger partial charge >= 0.3 is 0 Å². The van der Waals surface area contributed by atoms with Crippen LogP contribution in [0.15, 0.2) is 35.5 Å². The number of aromatic nitrogens is 4. The largest absolute Gasteiger partial charge is 0.491 e. The minimum Gasteiger partial charge on any atom is -0.491 e. The molecule has 0 atom stereocenters. The maximum absolute atomic E-state index is 11.8. The molecular formula is C20H24N6O4S. The molecule has 31 heavy (non-hydrogen) atoms. The molecule has 0 saturated carbocycles. The zero-order valence-electron chi connectivity index (χ0n) is 17.3. The molecule has 2 aromatic heterocycles. The fourth-order valence-electron chi connectivity index (χ4n) is 3.40. The second-order valence-corrected chi connectivity index (χ2v) is 8.97. The van der Waals surface area contributed by atoms with Crippen molar-refractivity contribution in [2.24, 2.45) is 5.14 Å². The number of rotatable bonds is 7. The molecule has 0 bridgehead atoms. The monoisotopic (exact) mass is 444 g/mol. The highest BCUT2D eigenvalue weighted by molar-refractivity contribution is 7.89. The number of primary sulfonamides is 1. The van der Waals surface area contributed by atoms with Crippen LogP contribution in [0.3, 0.4) is 0 Å². The van der Waals surface area contributed by atoms with Crippen LogP contribution >= 0.6 is 0 Å². The highest BCUT2D eigenvalue weighted by atomic mass is 32.2. The minimum absolute atomic E-state index is 0.0181. The van der Waals surface area contributed by atoms with Crippen LogP contribution in [0.5, 0.6) is 5.75 Å². The third kappa shape index (κ3) is 4.68. The van der Waals surface area contributed by atoms with Gasteiger partial charge in [-0.25, -0.2) is 23.5 Å². The van der Waals surface area contributed by atoms with Crippen LogP contribution < -0.4 is 15.2 Å². The van der Waals surface area contributed by atoms with Gasteiger partial charge in [-0.15, -0.1) is 0 Å². The summed E-state index contributed by atoms with van der Waals surface area (Å²) in [5.74, 6) is 1.15. The van der Waals surface area contributed by atoms with Crippen molar-refractivity contribution >= 4 is 32.4 Å². The van der Waals surface area contributed by atoms with E-state index in [1.54, 1.807) is 6.07 Å². The van der Waals surface area contributed by atoms with E-state index in [-0.39, 0.29) is 17.5 Å². The molecule has 3 aromatic rings. The van der Waals surface area contributed by atoms with Gasteiger partial charge in [0, 0.05) is 12.1 Å². The molecule has 0 amide bonds. The summed E-state index contributed by atoms with van der Waals surface area (Å²) in [6.45, 7) is 5.25. The third-order valence-corrected chi connectivity index (χ3v) is 5.72. The van der Waals surface area contributed by atoms with E-state index in [0.717, 1.165) is 23.1 Å². The number of ether oxygens (including phenoxy) is 2. The van der Waals surface area contributed by atoms with Crippen molar-refractivity contribution in [2.75, 3.05) is 18.5 Å². The van der Waals surface area contributed by atoms with Crippen LogP contribution in [0.1, 0.15) is 31.5 Å². The van der Waals surface area contributed by atoms with Crippen molar-refractivity contribution in [3.8, 4) is 5.75 Å². The van der Waals surface area contributed by atoms with E-state index in [2.05, 4.69) is 25.5 Å². The van der Waals surface area contributed by atoms with Gasteiger partial charge in [0.05, 0.1) is 35.3 Å². The zero-order chi connectivity index (χ0) is 22.0. The molecule has 0 fully saturated rings. The highest BCUT2D eigenvalue weighted by Crippen LogP contribution is 2.31. The Kier molecular flexibility index (Phi) is 5.90.